The molecule has 0 amide bonds. The zero-order valence-electron chi connectivity index (χ0n) is 12.3. The molecular formula is C14H18N6S. The van der Waals surface area contributed by atoms with Gasteiger partial charge in [-0.25, -0.2) is 4.98 Å². The zero-order valence-corrected chi connectivity index (χ0v) is 13.2. The normalized spacial score (nSPS) is 11.0. The summed E-state index contributed by atoms with van der Waals surface area (Å²) in [7, 11) is 3.77. The second kappa shape index (κ2) is 5.69. The second-order valence-electron chi connectivity index (χ2n) is 4.73. The molecule has 0 aliphatic carbocycles. The average molecular weight is 302 g/mol. The van der Waals surface area contributed by atoms with Crippen LogP contribution in [-0.2, 0) is 20.0 Å². The van der Waals surface area contributed by atoms with Crippen molar-refractivity contribution in [3.63, 3.8) is 0 Å². The standard InChI is InChI=1S/C14H18N6S/c1-4-10-7-11-12(16-8-9-5-6-17-20(9)3)18-14(15-2)19-13(11)21-10/h5-7H,4,8H2,1-3H3,(H2,15,16,18,19). The summed E-state index contributed by atoms with van der Waals surface area (Å²) in [6, 6.07) is 4.17. The second-order valence-corrected chi connectivity index (χ2v) is 5.85. The van der Waals surface area contributed by atoms with Crippen LogP contribution < -0.4 is 10.6 Å². The molecule has 21 heavy (non-hydrogen) atoms. The number of aryl methyl sites for hydroxylation is 2. The zero-order chi connectivity index (χ0) is 14.8. The molecule has 0 spiro atoms. The highest BCUT2D eigenvalue weighted by molar-refractivity contribution is 7.18. The molecule has 6 nitrogen and oxygen atoms in total. The van der Waals surface area contributed by atoms with E-state index in [2.05, 4.69) is 38.7 Å². The Bertz CT molecular complexity index is 760. The molecule has 0 aromatic carbocycles. The molecule has 0 radical (unpaired) electrons. The maximum absolute atomic E-state index is 4.54. The summed E-state index contributed by atoms with van der Waals surface area (Å²) in [5.74, 6) is 1.50. The Morgan fingerprint density at radius 1 is 1.33 bits per heavy atom. The Hall–Kier alpha value is -2.15. The number of thiophene rings is 1. The van der Waals surface area contributed by atoms with Crippen molar-refractivity contribution < 1.29 is 0 Å². The molecule has 3 rings (SSSR count). The Morgan fingerprint density at radius 3 is 2.86 bits per heavy atom. The Labute approximate surface area is 127 Å². The van der Waals surface area contributed by atoms with Crippen molar-refractivity contribution in [3.8, 4) is 0 Å². The number of nitrogens with zero attached hydrogens (tertiary/aromatic N) is 4. The van der Waals surface area contributed by atoms with Gasteiger partial charge in [-0.1, -0.05) is 6.92 Å². The van der Waals surface area contributed by atoms with E-state index in [4.69, 9.17) is 0 Å². The highest BCUT2D eigenvalue weighted by atomic mass is 32.1. The summed E-state index contributed by atoms with van der Waals surface area (Å²) in [6.45, 7) is 2.84. The van der Waals surface area contributed by atoms with Gasteiger partial charge in [-0.2, -0.15) is 10.1 Å². The summed E-state index contributed by atoms with van der Waals surface area (Å²) in [5.41, 5.74) is 1.11. The quantitative estimate of drug-likeness (QED) is 0.758. The van der Waals surface area contributed by atoms with Crippen LogP contribution in [0.5, 0.6) is 0 Å². The topological polar surface area (TPSA) is 67.7 Å². The van der Waals surface area contributed by atoms with E-state index in [1.807, 2.05) is 24.8 Å². The Balaban J connectivity index is 1.95. The van der Waals surface area contributed by atoms with Gasteiger partial charge in [-0.05, 0) is 18.6 Å². The lowest BCUT2D eigenvalue weighted by Gasteiger charge is -2.08. The van der Waals surface area contributed by atoms with E-state index in [1.165, 1.54) is 4.88 Å². The minimum absolute atomic E-state index is 0.638. The minimum Gasteiger partial charge on any atom is -0.364 e. The Kier molecular flexibility index (Phi) is 3.74. The first-order chi connectivity index (χ1) is 10.2. The number of aromatic nitrogens is 4. The predicted octanol–water partition coefficient (Wildman–Crippen LogP) is 2.64. The largest absolute Gasteiger partial charge is 0.364 e. The summed E-state index contributed by atoms with van der Waals surface area (Å²) in [4.78, 5) is 11.4. The van der Waals surface area contributed by atoms with Crippen LogP contribution in [-0.4, -0.2) is 26.8 Å². The van der Waals surface area contributed by atoms with Gasteiger partial charge in [0.15, 0.2) is 0 Å². The summed E-state index contributed by atoms with van der Waals surface area (Å²) < 4.78 is 1.86. The molecule has 3 aromatic heterocycles. The van der Waals surface area contributed by atoms with Crippen molar-refractivity contribution in [3.05, 3.63) is 28.9 Å². The first kappa shape index (κ1) is 13.8. The molecule has 0 saturated carbocycles. The first-order valence-electron chi connectivity index (χ1n) is 6.90. The molecule has 7 heteroatoms. The van der Waals surface area contributed by atoms with Gasteiger partial charge in [0, 0.05) is 25.2 Å². The highest BCUT2D eigenvalue weighted by Gasteiger charge is 2.11. The van der Waals surface area contributed by atoms with Gasteiger partial charge < -0.3 is 10.6 Å². The molecule has 2 N–H and O–H groups in total. The van der Waals surface area contributed by atoms with Gasteiger partial charge in [-0.15, -0.1) is 11.3 Å². The van der Waals surface area contributed by atoms with E-state index in [0.717, 1.165) is 28.1 Å². The van der Waals surface area contributed by atoms with Crippen LogP contribution in [0.2, 0.25) is 0 Å². The third kappa shape index (κ3) is 2.69. The predicted molar refractivity (Wildman–Crippen MR) is 86.9 cm³/mol. The van der Waals surface area contributed by atoms with Crippen LogP contribution in [0.4, 0.5) is 11.8 Å². The molecule has 3 heterocycles. The number of fused-ring (bicyclic) bond motifs is 1. The number of anilines is 2. The van der Waals surface area contributed by atoms with Gasteiger partial charge in [0.1, 0.15) is 10.6 Å². The fourth-order valence-electron chi connectivity index (χ4n) is 2.14. The molecule has 0 bridgehead atoms. The summed E-state index contributed by atoms with van der Waals surface area (Å²) in [6.07, 6.45) is 2.81. The van der Waals surface area contributed by atoms with Crippen LogP contribution >= 0.6 is 11.3 Å². The van der Waals surface area contributed by atoms with E-state index >= 15 is 0 Å². The average Bonchev–Trinajstić information content (AvgIpc) is 3.10. The van der Waals surface area contributed by atoms with Crippen LogP contribution in [0.15, 0.2) is 18.3 Å². The van der Waals surface area contributed by atoms with Crippen LogP contribution in [0.1, 0.15) is 17.5 Å². The third-order valence-corrected chi connectivity index (χ3v) is 4.55. The third-order valence-electron chi connectivity index (χ3n) is 3.38. The molecular weight excluding hydrogens is 284 g/mol. The lowest BCUT2D eigenvalue weighted by Crippen LogP contribution is -2.08. The van der Waals surface area contributed by atoms with Crippen molar-refractivity contribution >= 4 is 33.3 Å². The number of rotatable bonds is 5. The molecule has 0 fully saturated rings. The number of hydrogen-bond donors (Lipinski definition) is 2. The summed E-state index contributed by atoms with van der Waals surface area (Å²) in [5, 5.41) is 11.7. The van der Waals surface area contributed by atoms with Gasteiger partial charge >= 0.3 is 0 Å². The molecule has 0 atom stereocenters. The van der Waals surface area contributed by atoms with E-state index in [9.17, 15) is 0 Å². The first-order valence-corrected chi connectivity index (χ1v) is 7.72. The van der Waals surface area contributed by atoms with E-state index in [-0.39, 0.29) is 0 Å². The van der Waals surface area contributed by atoms with Crippen molar-refractivity contribution in [2.45, 2.75) is 19.9 Å². The highest BCUT2D eigenvalue weighted by Crippen LogP contribution is 2.30. The molecule has 0 saturated heterocycles. The lowest BCUT2D eigenvalue weighted by molar-refractivity contribution is 0.720. The van der Waals surface area contributed by atoms with Crippen molar-refractivity contribution in [1.82, 2.24) is 19.7 Å². The van der Waals surface area contributed by atoms with E-state index in [1.54, 1.807) is 17.5 Å². The smallest absolute Gasteiger partial charge is 0.225 e. The molecule has 110 valence electrons. The van der Waals surface area contributed by atoms with Gasteiger partial charge in [0.05, 0.1) is 17.6 Å². The molecule has 3 aromatic rings. The van der Waals surface area contributed by atoms with Crippen LogP contribution in [0.25, 0.3) is 10.2 Å². The van der Waals surface area contributed by atoms with Crippen molar-refractivity contribution in [2.75, 3.05) is 17.7 Å². The fraction of sp³-hybridized carbons (Fsp3) is 0.357. The van der Waals surface area contributed by atoms with Crippen molar-refractivity contribution in [1.29, 1.82) is 0 Å². The fourth-order valence-corrected chi connectivity index (χ4v) is 3.11. The monoisotopic (exact) mass is 302 g/mol. The van der Waals surface area contributed by atoms with Gasteiger partial charge in [0.2, 0.25) is 5.95 Å². The number of nitrogens with one attached hydrogen (secondary N) is 2. The van der Waals surface area contributed by atoms with Crippen LogP contribution in [0.3, 0.4) is 0 Å². The minimum atomic E-state index is 0.638. The SMILES string of the molecule is CCc1cc2c(NCc3ccnn3C)nc(NC)nc2s1. The van der Waals surface area contributed by atoms with E-state index in [0.29, 0.717) is 12.5 Å². The van der Waals surface area contributed by atoms with Gasteiger partial charge in [-0.3, -0.25) is 4.68 Å². The molecule has 0 unspecified atom stereocenters. The van der Waals surface area contributed by atoms with Gasteiger partial charge in [0.25, 0.3) is 0 Å². The maximum atomic E-state index is 4.54. The van der Waals surface area contributed by atoms with E-state index < -0.39 is 0 Å². The van der Waals surface area contributed by atoms with Crippen LogP contribution in [0, 0.1) is 0 Å². The Morgan fingerprint density at radius 2 is 2.19 bits per heavy atom. The summed E-state index contributed by atoms with van der Waals surface area (Å²) >= 11 is 1.72. The van der Waals surface area contributed by atoms with Crippen molar-refractivity contribution in [2.24, 2.45) is 7.05 Å². The lowest BCUT2D eigenvalue weighted by atomic mass is 10.3. The number of hydrogen-bond acceptors (Lipinski definition) is 6. The molecule has 0 aliphatic rings. The molecule has 0 aliphatic heterocycles. The maximum Gasteiger partial charge on any atom is 0.225 e.